The van der Waals surface area contributed by atoms with Crippen molar-refractivity contribution < 1.29 is 9.15 Å². The maximum atomic E-state index is 5.92. The van der Waals surface area contributed by atoms with Crippen molar-refractivity contribution in [3.63, 3.8) is 0 Å². The molecule has 140 valence electrons. The van der Waals surface area contributed by atoms with Crippen molar-refractivity contribution in [1.29, 1.82) is 0 Å². The maximum absolute atomic E-state index is 5.92. The number of anilines is 3. The van der Waals surface area contributed by atoms with Crippen LogP contribution in [0.3, 0.4) is 0 Å². The second-order valence-electron chi connectivity index (χ2n) is 5.99. The lowest BCUT2D eigenvalue weighted by Gasteiger charge is -2.19. The van der Waals surface area contributed by atoms with Gasteiger partial charge >= 0.3 is 0 Å². The Labute approximate surface area is 161 Å². The van der Waals surface area contributed by atoms with Crippen LogP contribution in [0.1, 0.15) is 0 Å². The van der Waals surface area contributed by atoms with Crippen LogP contribution in [0.5, 0.6) is 5.75 Å². The van der Waals surface area contributed by atoms with Crippen LogP contribution >= 0.6 is 0 Å². The third kappa shape index (κ3) is 3.35. The lowest BCUT2D eigenvalue weighted by molar-refractivity contribution is 0.414. The molecule has 0 radical (unpaired) electrons. The summed E-state index contributed by atoms with van der Waals surface area (Å²) in [6.45, 7) is 0. The zero-order valence-corrected chi connectivity index (χ0v) is 15.4. The number of nitrogen functional groups attached to an aromatic ring is 1. The molecule has 2 aromatic heterocycles. The first kappa shape index (κ1) is 17.5. The van der Waals surface area contributed by atoms with E-state index in [-0.39, 0.29) is 5.95 Å². The number of nitrogens with two attached hydrogens (primary N) is 1. The zero-order chi connectivity index (χ0) is 19.5. The minimum atomic E-state index is 0.154. The van der Waals surface area contributed by atoms with Gasteiger partial charge in [-0.05, 0) is 12.1 Å². The average Bonchev–Trinajstić information content (AvgIpc) is 3.27. The Bertz CT molecular complexity index is 1080. The lowest BCUT2D eigenvalue weighted by atomic mass is 10.1. The summed E-state index contributed by atoms with van der Waals surface area (Å²) >= 11 is 0. The van der Waals surface area contributed by atoms with E-state index >= 15 is 0 Å². The van der Waals surface area contributed by atoms with Crippen molar-refractivity contribution in [2.75, 3.05) is 24.8 Å². The standard InChI is InChI=1S/C20H18N6O2/c1-26(14-8-9-15(16(10-14)27-2)17-11-22-12-28-17)20-24-18(23-19(21)25-20)13-6-4-3-5-7-13/h3-12H,1-2H3,(H2,21,23,24,25). The maximum Gasteiger partial charge on any atom is 0.235 e. The van der Waals surface area contributed by atoms with Gasteiger partial charge in [0.2, 0.25) is 11.9 Å². The summed E-state index contributed by atoms with van der Waals surface area (Å²) in [5.74, 6) is 2.37. The molecule has 0 aliphatic rings. The summed E-state index contributed by atoms with van der Waals surface area (Å²) in [5.41, 5.74) is 8.42. The molecule has 0 spiro atoms. The van der Waals surface area contributed by atoms with Gasteiger partial charge < -0.3 is 19.8 Å². The molecule has 0 saturated carbocycles. The van der Waals surface area contributed by atoms with Crippen molar-refractivity contribution >= 4 is 17.6 Å². The molecule has 2 heterocycles. The fourth-order valence-electron chi connectivity index (χ4n) is 2.80. The van der Waals surface area contributed by atoms with Crippen LogP contribution < -0.4 is 15.4 Å². The molecule has 0 aliphatic heterocycles. The zero-order valence-electron chi connectivity index (χ0n) is 15.4. The Morgan fingerprint density at radius 1 is 1.04 bits per heavy atom. The number of nitrogens with zero attached hydrogens (tertiary/aromatic N) is 5. The molecule has 2 aromatic carbocycles. The SMILES string of the molecule is COc1cc(N(C)c2nc(N)nc(-c3ccccc3)n2)ccc1-c1cnco1. The second kappa shape index (κ2) is 7.36. The molecular weight excluding hydrogens is 356 g/mol. The van der Waals surface area contributed by atoms with Gasteiger partial charge in [0.1, 0.15) is 5.75 Å². The summed E-state index contributed by atoms with van der Waals surface area (Å²) in [4.78, 5) is 18.9. The van der Waals surface area contributed by atoms with E-state index in [0.29, 0.717) is 23.3 Å². The highest BCUT2D eigenvalue weighted by atomic mass is 16.5. The van der Waals surface area contributed by atoms with Crippen LogP contribution in [0.2, 0.25) is 0 Å². The van der Waals surface area contributed by atoms with Gasteiger partial charge in [-0.15, -0.1) is 0 Å². The van der Waals surface area contributed by atoms with E-state index in [2.05, 4.69) is 19.9 Å². The first-order chi connectivity index (χ1) is 13.7. The van der Waals surface area contributed by atoms with Crippen molar-refractivity contribution in [3.05, 3.63) is 61.1 Å². The number of hydrogen-bond donors (Lipinski definition) is 1. The van der Waals surface area contributed by atoms with E-state index in [1.807, 2.05) is 60.5 Å². The predicted molar refractivity (Wildman–Crippen MR) is 106 cm³/mol. The summed E-state index contributed by atoms with van der Waals surface area (Å²) < 4.78 is 10.9. The number of oxazole rings is 1. The molecule has 28 heavy (non-hydrogen) atoms. The topological polar surface area (TPSA) is 103 Å². The van der Waals surface area contributed by atoms with Crippen LogP contribution in [-0.2, 0) is 0 Å². The van der Waals surface area contributed by atoms with E-state index in [1.165, 1.54) is 6.39 Å². The van der Waals surface area contributed by atoms with Gasteiger partial charge in [-0.3, -0.25) is 0 Å². The smallest absolute Gasteiger partial charge is 0.235 e. The first-order valence-electron chi connectivity index (χ1n) is 8.53. The highest BCUT2D eigenvalue weighted by molar-refractivity contribution is 5.72. The van der Waals surface area contributed by atoms with Crippen molar-refractivity contribution in [1.82, 2.24) is 19.9 Å². The molecule has 0 amide bonds. The third-order valence-corrected chi connectivity index (χ3v) is 4.24. The normalized spacial score (nSPS) is 10.6. The molecule has 2 N–H and O–H groups in total. The Hall–Kier alpha value is -3.94. The Balaban J connectivity index is 1.72. The van der Waals surface area contributed by atoms with Crippen LogP contribution in [0.15, 0.2) is 65.5 Å². The quantitative estimate of drug-likeness (QED) is 0.566. The number of aromatic nitrogens is 4. The minimum absolute atomic E-state index is 0.154. The van der Waals surface area contributed by atoms with Crippen LogP contribution in [0.4, 0.5) is 17.6 Å². The average molecular weight is 374 g/mol. The van der Waals surface area contributed by atoms with Gasteiger partial charge in [-0.25, -0.2) is 4.98 Å². The van der Waals surface area contributed by atoms with Crippen LogP contribution in [0, 0.1) is 0 Å². The lowest BCUT2D eigenvalue weighted by Crippen LogP contribution is -2.15. The predicted octanol–water partition coefficient (Wildman–Crippen LogP) is 3.55. The largest absolute Gasteiger partial charge is 0.496 e. The van der Waals surface area contributed by atoms with E-state index in [0.717, 1.165) is 16.8 Å². The number of hydrogen-bond acceptors (Lipinski definition) is 8. The van der Waals surface area contributed by atoms with Gasteiger partial charge in [0.15, 0.2) is 18.0 Å². The number of ether oxygens (including phenoxy) is 1. The van der Waals surface area contributed by atoms with E-state index < -0.39 is 0 Å². The highest BCUT2D eigenvalue weighted by Crippen LogP contribution is 2.34. The first-order valence-corrected chi connectivity index (χ1v) is 8.53. The van der Waals surface area contributed by atoms with Gasteiger partial charge in [0.25, 0.3) is 0 Å². The Morgan fingerprint density at radius 3 is 2.57 bits per heavy atom. The summed E-state index contributed by atoms with van der Waals surface area (Å²) in [6.07, 6.45) is 3.02. The fraction of sp³-hybridized carbons (Fsp3) is 0.100. The minimum Gasteiger partial charge on any atom is -0.496 e. The van der Waals surface area contributed by atoms with Gasteiger partial charge in [0.05, 0.1) is 18.9 Å². The number of rotatable bonds is 5. The molecule has 4 aromatic rings. The molecule has 0 saturated heterocycles. The fourth-order valence-corrected chi connectivity index (χ4v) is 2.80. The summed E-state index contributed by atoms with van der Waals surface area (Å²) in [6, 6.07) is 15.3. The molecule has 4 rings (SSSR count). The third-order valence-electron chi connectivity index (χ3n) is 4.24. The second-order valence-corrected chi connectivity index (χ2v) is 5.99. The molecule has 0 fully saturated rings. The number of benzene rings is 2. The summed E-state index contributed by atoms with van der Waals surface area (Å²) in [7, 11) is 3.46. The Kier molecular flexibility index (Phi) is 4.59. The Morgan fingerprint density at radius 2 is 1.86 bits per heavy atom. The monoisotopic (exact) mass is 374 g/mol. The van der Waals surface area contributed by atoms with E-state index in [9.17, 15) is 0 Å². The molecule has 0 unspecified atom stereocenters. The van der Waals surface area contributed by atoms with Gasteiger partial charge in [-0.1, -0.05) is 30.3 Å². The molecule has 8 heteroatoms. The van der Waals surface area contributed by atoms with E-state index in [1.54, 1.807) is 13.3 Å². The van der Waals surface area contributed by atoms with Crippen molar-refractivity contribution in [2.45, 2.75) is 0 Å². The molecule has 0 aliphatic carbocycles. The number of methoxy groups -OCH3 is 1. The van der Waals surface area contributed by atoms with Gasteiger partial charge in [-0.2, -0.15) is 15.0 Å². The van der Waals surface area contributed by atoms with E-state index in [4.69, 9.17) is 14.9 Å². The van der Waals surface area contributed by atoms with Crippen LogP contribution in [0.25, 0.3) is 22.7 Å². The highest BCUT2D eigenvalue weighted by Gasteiger charge is 2.15. The summed E-state index contributed by atoms with van der Waals surface area (Å²) in [5, 5.41) is 0. The van der Waals surface area contributed by atoms with Crippen molar-refractivity contribution in [3.8, 4) is 28.5 Å². The van der Waals surface area contributed by atoms with Gasteiger partial charge in [0, 0.05) is 24.4 Å². The molecular formula is C20H18N6O2. The molecule has 0 atom stereocenters. The van der Waals surface area contributed by atoms with Crippen LogP contribution in [-0.4, -0.2) is 34.1 Å². The molecule has 8 nitrogen and oxygen atoms in total. The van der Waals surface area contributed by atoms with Crippen molar-refractivity contribution in [2.24, 2.45) is 0 Å². The molecule has 0 bridgehead atoms.